The van der Waals surface area contributed by atoms with Crippen molar-refractivity contribution in [3.63, 3.8) is 0 Å². The number of nitrogens with zero attached hydrogens (tertiary/aromatic N) is 2. The predicted octanol–water partition coefficient (Wildman–Crippen LogP) is 3.39. The lowest BCUT2D eigenvalue weighted by atomic mass is 10.1. The van der Waals surface area contributed by atoms with E-state index in [0.717, 1.165) is 29.9 Å². The Hall–Kier alpha value is -2.30. The van der Waals surface area contributed by atoms with Gasteiger partial charge < -0.3 is 14.2 Å². The molecule has 0 spiro atoms. The van der Waals surface area contributed by atoms with E-state index in [9.17, 15) is 4.79 Å². The molecule has 0 saturated heterocycles. The van der Waals surface area contributed by atoms with Crippen molar-refractivity contribution in [3.8, 4) is 5.75 Å². The number of para-hydroxylation sites is 1. The summed E-state index contributed by atoms with van der Waals surface area (Å²) in [6, 6.07) is 9.36. The molecule has 116 valence electrons. The number of methoxy groups -OCH3 is 1. The average Bonchev–Trinajstić information content (AvgIpc) is 3.30. The summed E-state index contributed by atoms with van der Waals surface area (Å²) in [5, 5.41) is 3.92. The van der Waals surface area contributed by atoms with E-state index >= 15 is 0 Å². The molecule has 1 aromatic carbocycles. The van der Waals surface area contributed by atoms with Gasteiger partial charge in [-0.1, -0.05) is 23.4 Å². The lowest BCUT2D eigenvalue weighted by Gasteiger charge is -2.25. The number of rotatable bonds is 5. The van der Waals surface area contributed by atoms with E-state index in [4.69, 9.17) is 9.26 Å². The Bertz CT molecular complexity index is 676. The molecule has 0 unspecified atom stereocenters. The van der Waals surface area contributed by atoms with Crippen LogP contribution in [0, 0.1) is 0 Å². The first-order valence-electron chi connectivity index (χ1n) is 7.48. The Morgan fingerprint density at radius 1 is 1.41 bits per heavy atom. The Balaban J connectivity index is 1.79. The molecule has 22 heavy (non-hydrogen) atoms. The maximum Gasteiger partial charge on any atom is 0.276 e. The van der Waals surface area contributed by atoms with E-state index in [1.54, 1.807) is 25.1 Å². The Kier molecular flexibility index (Phi) is 3.88. The van der Waals surface area contributed by atoms with Crippen LogP contribution < -0.4 is 4.74 Å². The summed E-state index contributed by atoms with van der Waals surface area (Å²) in [7, 11) is 3.40. The maximum absolute atomic E-state index is 12.6. The highest BCUT2D eigenvalue weighted by Gasteiger charge is 2.30. The Labute approximate surface area is 129 Å². The zero-order chi connectivity index (χ0) is 15.7. The van der Waals surface area contributed by atoms with E-state index in [1.807, 2.05) is 31.2 Å². The van der Waals surface area contributed by atoms with Crippen molar-refractivity contribution >= 4 is 5.91 Å². The molecule has 1 fully saturated rings. The van der Waals surface area contributed by atoms with Gasteiger partial charge in [-0.3, -0.25) is 4.79 Å². The molecule has 1 aliphatic rings. The van der Waals surface area contributed by atoms with Crippen LogP contribution in [0.3, 0.4) is 0 Å². The van der Waals surface area contributed by atoms with Crippen LogP contribution in [-0.4, -0.2) is 30.1 Å². The van der Waals surface area contributed by atoms with Crippen molar-refractivity contribution in [3.05, 3.63) is 47.3 Å². The van der Waals surface area contributed by atoms with Crippen LogP contribution in [0.5, 0.6) is 5.75 Å². The number of hydrogen-bond acceptors (Lipinski definition) is 4. The minimum absolute atomic E-state index is 0.121. The van der Waals surface area contributed by atoms with Crippen molar-refractivity contribution in [2.75, 3.05) is 14.2 Å². The average molecular weight is 300 g/mol. The first-order valence-corrected chi connectivity index (χ1v) is 7.48. The van der Waals surface area contributed by atoms with Crippen molar-refractivity contribution < 1.29 is 14.1 Å². The van der Waals surface area contributed by atoms with Crippen LogP contribution >= 0.6 is 0 Å². The predicted molar refractivity (Wildman–Crippen MR) is 82.0 cm³/mol. The van der Waals surface area contributed by atoms with Gasteiger partial charge in [-0.2, -0.15) is 0 Å². The summed E-state index contributed by atoms with van der Waals surface area (Å²) in [6.07, 6.45) is 2.24. The van der Waals surface area contributed by atoms with Crippen molar-refractivity contribution in [2.24, 2.45) is 0 Å². The number of benzene rings is 1. The van der Waals surface area contributed by atoms with Crippen molar-refractivity contribution in [1.29, 1.82) is 0 Å². The van der Waals surface area contributed by atoms with E-state index in [1.165, 1.54) is 0 Å². The van der Waals surface area contributed by atoms with Gasteiger partial charge in [0.2, 0.25) is 0 Å². The molecule has 1 saturated carbocycles. The van der Waals surface area contributed by atoms with Crippen LogP contribution in [0.2, 0.25) is 0 Å². The SMILES string of the molecule is COc1ccccc1[C@@H](C)N(C)C(=O)c1cc(C2CC2)on1. The van der Waals surface area contributed by atoms with Crippen LogP contribution in [0.1, 0.15) is 53.5 Å². The highest BCUT2D eigenvalue weighted by Crippen LogP contribution is 2.40. The van der Waals surface area contributed by atoms with Gasteiger partial charge in [0.05, 0.1) is 13.2 Å². The molecule has 0 aliphatic heterocycles. The highest BCUT2D eigenvalue weighted by atomic mass is 16.5. The molecular formula is C17H20N2O3. The fraction of sp³-hybridized carbons (Fsp3) is 0.412. The number of aromatic nitrogens is 1. The lowest BCUT2D eigenvalue weighted by Crippen LogP contribution is -2.30. The fourth-order valence-electron chi connectivity index (χ4n) is 2.53. The first-order chi connectivity index (χ1) is 10.6. The Morgan fingerprint density at radius 3 is 2.82 bits per heavy atom. The second-order valence-electron chi connectivity index (χ2n) is 5.72. The third kappa shape index (κ3) is 2.71. The molecule has 1 heterocycles. The zero-order valence-electron chi connectivity index (χ0n) is 13.1. The van der Waals surface area contributed by atoms with Gasteiger partial charge in [0.25, 0.3) is 5.91 Å². The van der Waals surface area contributed by atoms with Crippen LogP contribution in [0.4, 0.5) is 0 Å². The molecule has 0 radical (unpaired) electrons. The highest BCUT2D eigenvalue weighted by molar-refractivity contribution is 5.92. The van der Waals surface area contributed by atoms with Gasteiger partial charge in [-0.05, 0) is 25.8 Å². The molecule has 2 aromatic rings. The van der Waals surface area contributed by atoms with Gasteiger partial charge in [-0.25, -0.2) is 0 Å². The van der Waals surface area contributed by atoms with Gasteiger partial charge in [0, 0.05) is 24.6 Å². The van der Waals surface area contributed by atoms with Gasteiger partial charge in [0.15, 0.2) is 5.69 Å². The quantitative estimate of drug-likeness (QED) is 0.849. The van der Waals surface area contributed by atoms with Crippen molar-refractivity contribution in [1.82, 2.24) is 10.1 Å². The van der Waals surface area contributed by atoms with Crippen LogP contribution in [0.15, 0.2) is 34.9 Å². The molecule has 5 nitrogen and oxygen atoms in total. The van der Waals surface area contributed by atoms with Gasteiger partial charge >= 0.3 is 0 Å². The minimum Gasteiger partial charge on any atom is -0.496 e. The summed E-state index contributed by atoms with van der Waals surface area (Å²) in [5.74, 6) is 1.90. The van der Waals surface area contributed by atoms with Crippen LogP contribution in [0.25, 0.3) is 0 Å². The second-order valence-corrected chi connectivity index (χ2v) is 5.72. The third-order valence-corrected chi connectivity index (χ3v) is 4.22. The first kappa shape index (κ1) is 14.6. The molecule has 3 rings (SSSR count). The largest absolute Gasteiger partial charge is 0.496 e. The number of carbonyl (C=O) groups is 1. The summed E-state index contributed by atoms with van der Waals surface area (Å²) in [4.78, 5) is 14.2. The molecule has 5 heteroatoms. The summed E-state index contributed by atoms with van der Waals surface area (Å²) in [5.41, 5.74) is 1.33. The summed E-state index contributed by atoms with van der Waals surface area (Å²) < 4.78 is 10.6. The van der Waals surface area contributed by atoms with Gasteiger partial charge in [0.1, 0.15) is 11.5 Å². The van der Waals surface area contributed by atoms with Crippen molar-refractivity contribution in [2.45, 2.75) is 31.7 Å². The maximum atomic E-state index is 12.6. The molecule has 0 N–H and O–H groups in total. The van der Waals surface area contributed by atoms with Crippen LogP contribution in [-0.2, 0) is 0 Å². The number of ether oxygens (including phenoxy) is 1. The number of hydrogen-bond donors (Lipinski definition) is 0. The number of carbonyl (C=O) groups excluding carboxylic acids is 1. The molecule has 1 aromatic heterocycles. The normalized spacial score (nSPS) is 15.4. The molecule has 1 amide bonds. The van der Waals surface area contributed by atoms with E-state index in [-0.39, 0.29) is 11.9 Å². The third-order valence-electron chi connectivity index (χ3n) is 4.22. The molecule has 1 atom stereocenters. The zero-order valence-corrected chi connectivity index (χ0v) is 13.1. The van der Waals surface area contributed by atoms with E-state index in [0.29, 0.717) is 11.6 Å². The standard InChI is InChI=1S/C17H20N2O3/c1-11(13-6-4-5-7-15(13)21-3)19(2)17(20)14-10-16(22-18-14)12-8-9-12/h4-7,10-12H,8-9H2,1-3H3/t11-/m1/s1. The van der Waals surface area contributed by atoms with E-state index in [2.05, 4.69) is 5.16 Å². The topological polar surface area (TPSA) is 55.6 Å². The molecule has 1 aliphatic carbocycles. The molecule has 0 bridgehead atoms. The summed E-state index contributed by atoms with van der Waals surface area (Å²) >= 11 is 0. The fourth-order valence-corrected chi connectivity index (χ4v) is 2.53. The minimum atomic E-state index is -0.144. The van der Waals surface area contributed by atoms with E-state index < -0.39 is 0 Å². The molecular weight excluding hydrogens is 280 g/mol. The van der Waals surface area contributed by atoms with Gasteiger partial charge in [-0.15, -0.1) is 0 Å². The number of amides is 1. The smallest absolute Gasteiger partial charge is 0.276 e. The second kappa shape index (κ2) is 5.83. The lowest BCUT2D eigenvalue weighted by molar-refractivity contribution is 0.0730. The monoisotopic (exact) mass is 300 g/mol. The summed E-state index contributed by atoms with van der Waals surface area (Å²) in [6.45, 7) is 1.97. The Morgan fingerprint density at radius 2 is 2.14 bits per heavy atom.